The van der Waals surface area contributed by atoms with Gasteiger partial charge in [0.15, 0.2) is 0 Å². The van der Waals surface area contributed by atoms with Crippen LogP contribution in [0.2, 0.25) is 0 Å². The van der Waals surface area contributed by atoms with E-state index in [4.69, 9.17) is 19.0 Å². The van der Waals surface area contributed by atoms with Crippen molar-refractivity contribution in [2.75, 3.05) is 0 Å². The Morgan fingerprint density at radius 1 is 1.00 bits per heavy atom. The highest BCUT2D eigenvalue weighted by molar-refractivity contribution is 5.98. The second-order valence-electron chi connectivity index (χ2n) is 12.2. The zero-order chi connectivity index (χ0) is 25.4. The summed E-state index contributed by atoms with van der Waals surface area (Å²) in [5.41, 5.74) is 7.61. The first-order chi connectivity index (χ1) is 17.9. The maximum Gasteiger partial charge on any atom is 0.148 e. The van der Waals surface area contributed by atoms with Crippen LogP contribution in [0.5, 0.6) is 0 Å². The number of rotatable bonds is 5. The van der Waals surface area contributed by atoms with Crippen LogP contribution in [0.1, 0.15) is 92.9 Å². The highest BCUT2D eigenvalue weighted by atomic mass is 16.5. The maximum atomic E-state index is 11.3. The van der Waals surface area contributed by atoms with Crippen molar-refractivity contribution < 1.29 is 23.9 Å². The number of nitrogens with zero attached hydrogens (tertiary/aromatic N) is 2. The Morgan fingerprint density at radius 3 is 2.30 bits per heavy atom. The molecule has 3 saturated carbocycles. The van der Waals surface area contributed by atoms with E-state index in [1.165, 1.54) is 37.0 Å². The van der Waals surface area contributed by atoms with Crippen molar-refractivity contribution in [3.8, 4) is 11.1 Å². The van der Waals surface area contributed by atoms with Crippen LogP contribution in [-0.4, -0.2) is 45.7 Å². The SMILES string of the molecule is Cc1noc(C)c1-c1cc2c(c(C(O)[C@H]3CCC4(CC4)O3)c1)N=C(C1CC1)C2.O=C[C@H]1CCC2(CC2)O1. The molecule has 6 aliphatic rings. The predicted octanol–water partition coefficient (Wildman–Crippen LogP) is 5.64. The summed E-state index contributed by atoms with van der Waals surface area (Å²) in [4.78, 5) is 15.2. The summed E-state index contributed by atoms with van der Waals surface area (Å²) in [5.74, 6) is 1.45. The predicted molar refractivity (Wildman–Crippen MR) is 138 cm³/mol. The summed E-state index contributed by atoms with van der Waals surface area (Å²) in [6, 6.07) is 4.31. The number of aliphatic hydroxyl groups excluding tert-OH is 1. The summed E-state index contributed by atoms with van der Waals surface area (Å²) in [5, 5.41) is 15.4. The van der Waals surface area contributed by atoms with Gasteiger partial charge in [-0.15, -0.1) is 0 Å². The molecule has 7 nitrogen and oxygen atoms in total. The normalized spacial score (nSPS) is 28.6. The number of aliphatic imine (C=N–C) groups is 1. The molecule has 8 rings (SSSR count). The van der Waals surface area contributed by atoms with Crippen molar-refractivity contribution >= 4 is 17.7 Å². The number of hydrogen-bond donors (Lipinski definition) is 1. The Balaban J connectivity index is 0.000000216. The number of ether oxygens (including phenoxy) is 2. The lowest BCUT2D eigenvalue weighted by atomic mass is 9.91. The fraction of sp³-hybridized carbons (Fsp3) is 0.633. The lowest BCUT2D eigenvalue weighted by molar-refractivity contribution is -0.118. The first kappa shape index (κ1) is 23.7. The third-order valence-corrected chi connectivity index (χ3v) is 9.23. The van der Waals surface area contributed by atoms with Crippen molar-refractivity contribution in [2.45, 2.75) is 114 Å². The van der Waals surface area contributed by atoms with E-state index in [1.54, 1.807) is 0 Å². The zero-order valence-corrected chi connectivity index (χ0v) is 21.8. The van der Waals surface area contributed by atoms with Crippen LogP contribution in [0, 0.1) is 19.8 Å². The zero-order valence-electron chi connectivity index (χ0n) is 21.8. The van der Waals surface area contributed by atoms with E-state index >= 15 is 0 Å². The Morgan fingerprint density at radius 2 is 1.73 bits per heavy atom. The Bertz CT molecular complexity index is 1250. The third kappa shape index (κ3) is 4.39. The third-order valence-electron chi connectivity index (χ3n) is 9.23. The van der Waals surface area contributed by atoms with Gasteiger partial charge in [0.25, 0.3) is 0 Å². The molecule has 0 amide bonds. The average molecular weight is 505 g/mol. The van der Waals surface area contributed by atoms with Gasteiger partial charge in [-0.1, -0.05) is 5.16 Å². The summed E-state index contributed by atoms with van der Waals surface area (Å²) >= 11 is 0. The first-order valence-corrected chi connectivity index (χ1v) is 14.0. The van der Waals surface area contributed by atoms with Crippen molar-refractivity contribution in [1.29, 1.82) is 0 Å². The molecular weight excluding hydrogens is 468 g/mol. The van der Waals surface area contributed by atoms with Gasteiger partial charge < -0.3 is 23.9 Å². The molecule has 4 heterocycles. The van der Waals surface area contributed by atoms with Gasteiger partial charge in [-0.2, -0.15) is 0 Å². The number of aryl methyl sites for hydroxylation is 2. The van der Waals surface area contributed by atoms with Gasteiger partial charge in [0.05, 0.1) is 28.7 Å². The second-order valence-corrected chi connectivity index (χ2v) is 12.2. The number of aromatic nitrogens is 1. The Hall–Kier alpha value is -2.35. The molecule has 3 aliphatic heterocycles. The molecule has 2 spiro atoms. The van der Waals surface area contributed by atoms with Crippen LogP contribution in [0.25, 0.3) is 11.1 Å². The van der Waals surface area contributed by atoms with Crippen molar-refractivity contribution in [3.05, 3.63) is 34.7 Å². The average Bonchev–Trinajstić information content (AvgIpc) is 3.83. The Kier molecular flexibility index (Phi) is 5.51. The number of benzene rings is 1. The molecule has 0 radical (unpaired) electrons. The molecule has 1 aromatic heterocycles. The van der Waals surface area contributed by atoms with Gasteiger partial charge in [-0.05, 0) is 107 Å². The summed E-state index contributed by atoms with van der Waals surface area (Å²) in [6.45, 7) is 3.92. The van der Waals surface area contributed by atoms with Gasteiger partial charge in [-0.3, -0.25) is 4.99 Å². The van der Waals surface area contributed by atoms with Crippen LogP contribution in [0.15, 0.2) is 21.6 Å². The molecule has 0 bridgehead atoms. The van der Waals surface area contributed by atoms with Gasteiger partial charge in [0, 0.05) is 23.3 Å². The number of hydrogen-bond acceptors (Lipinski definition) is 7. The van der Waals surface area contributed by atoms with Crippen LogP contribution in [0.3, 0.4) is 0 Å². The van der Waals surface area contributed by atoms with Gasteiger partial charge >= 0.3 is 0 Å². The minimum atomic E-state index is -0.642. The Labute approximate surface area is 217 Å². The number of carbonyl (C=O) groups excluding carboxylic acids is 1. The molecule has 5 fully saturated rings. The van der Waals surface area contributed by atoms with E-state index < -0.39 is 6.10 Å². The maximum absolute atomic E-state index is 11.3. The van der Waals surface area contributed by atoms with Crippen molar-refractivity contribution in [1.82, 2.24) is 5.16 Å². The molecule has 7 heteroatoms. The van der Waals surface area contributed by atoms with E-state index in [1.807, 2.05) is 13.8 Å². The minimum Gasteiger partial charge on any atom is -0.386 e. The number of aldehydes is 1. The number of aliphatic hydroxyl groups is 1. The van der Waals surface area contributed by atoms with E-state index in [0.717, 1.165) is 85.1 Å². The van der Waals surface area contributed by atoms with Crippen LogP contribution in [0.4, 0.5) is 5.69 Å². The highest BCUT2D eigenvalue weighted by Crippen LogP contribution is 2.53. The minimum absolute atomic E-state index is 0.0660. The van der Waals surface area contributed by atoms with Gasteiger partial charge in [-0.25, -0.2) is 0 Å². The molecule has 3 aliphatic carbocycles. The lowest BCUT2D eigenvalue weighted by Crippen LogP contribution is -2.20. The van der Waals surface area contributed by atoms with E-state index in [-0.39, 0.29) is 23.4 Å². The van der Waals surface area contributed by atoms with E-state index in [9.17, 15) is 9.90 Å². The van der Waals surface area contributed by atoms with Gasteiger partial charge in [0.1, 0.15) is 24.3 Å². The van der Waals surface area contributed by atoms with Gasteiger partial charge in [0.2, 0.25) is 0 Å². The van der Waals surface area contributed by atoms with Crippen LogP contribution < -0.4 is 0 Å². The topological polar surface area (TPSA) is 94.2 Å². The molecule has 2 saturated heterocycles. The molecule has 1 unspecified atom stereocenters. The quantitative estimate of drug-likeness (QED) is 0.530. The summed E-state index contributed by atoms with van der Waals surface area (Å²) < 4.78 is 17.1. The molecule has 1 N–H and O–H groups in total. The molecular formula is C30H36N2O5. The van der Waals surface area contributed by atoms with Crippen molar-refractivity contribution in [3.63, 3.8) is 0 Å². The number of fused-ring (bicyclic) bond motifs is 1. The lowest BCUT2D eigenvalue weighted by Gasteiger charge is -2.22. The summed E-state index contributed by atoms with van der Waals surface area (Å²) in [7, 11) is 0. The van der Waals surface area contributed by atoms with E-state index in [2.05, 4.69) is 17.3 Å². The van der Waals surface area contributed by atoms with Crippen molar-refractivity contribution in [2.24, 2.45) is 10.9 Å². The fourth-order valence-corrected chi connectivity index (χ4v) is 6.51. The fourth-order valence-electron chi connectivity index (χ4n) is 6.51. The van der Waals surface area contributed by atoms with Crippen LogP contribution >= 0.6 is 0 Å². The molecule has 3 atom stereocenters. The molecule has 2 aromatic rings. The largest absolute Gasteiger partial charge is 0.386 e. The second kappa shape index (κ2) is 8.58. The highest BCUT2D eigenvalue weighted by Gasteiger charge is 2.52. The monoisotopic (exact) mass is 504 g/mol. The number of carbonyl (C=O) groups is 1. The van der Waals surface area contributed by atoms with E-state index in [0.29, 0.717) is 5.92 Å². The summed E-state index contributed by atoms with van der Waals surface area (Å²) in [6.07, 6.45) is 12.1. The van der Waals surface area contributed by atoms with Crippen LogP contribution in [-0.2, 0) is 20.7 Å². The first-order valence-electron chi connectivity index (χ1n) is 14.0. The molecule has 1 aromatic carbocycles. The smallest absolute Gasteiger partial charge is 0.148 e. The molecule has 37 heavy (non-hydrogen) atoms. The molecule has 196 valence electrons. The standard InChI is InChI=1S/C23H26N2O3.C7H10O2/c1-12-20(13(2)28-25-12)15-9-16-11-18(14-3-4-14)24-21(16)17(10-15)22(26)19-5-6-23(27-19)7-8-23;8-5-6-1-2-7(9-6)3-4-7/h9-10,14,19,22,26H,3-8,11H2,1-2H3;5-6H,1-4H2/t19-,22?;6-/m11/s1.